The minimum absolute atomic E-state index is 0.225. The fourth-order valence-corrected chi connectivity index (χ4v) is 5.65. The molecule has 7 heteroatoms. The molecule has 0 spiro atoms. The summed E-state index contributed by atoms with van der Waals surface area (Å²) in [7, 11) is 1.35. The van der Waals surface area contributed by atoms with Gasteiger partial charge in [-0.1, -0.05) is 91.6 Å². The van der Waals surface area contributed by atoms with Crippen molar-refractivity contribution in [3.05, 3.63) is 121 Å². The van der Waals surface area contributed by atoms with Gasteiger partial charge in [0, 0.05) is 5.56 Å². The van der Waals surface area contributed by atoms with Gasteiger partial charge in [-0.15, -0.1) is 0 Å². The van der Waals surface area contributed by atoms with Gasteiger partial charge in [0.25, 0.3) is 5.56 Å². The number of benzene rings is 3. The van der Waals surface area contributed by atoms with Gasteiger partial charge < -0.3 is 9.47 Å². The fraction of sp³-hybridized carbons (Fsp3) is 0.167. The summed E-state index contributed by atoms with van der Waals surface area (Å²) in [4.78, 5) is 32.2. The molecular weight excluding hydrogens is 484 g/mol. The highest BCUT2D eigenvalue weighted by Crippen LogP contribution is 2.32. The lowest BCUT2D eigenvalue weighted by Gasteiger charge is -2.25. The molecule has 0 bridgehead atoms. The Morgan fingerprint density at radius 3 is 2.59 bits per heavy atom. The van der Waals surface area contributed by atoms with Crippen molar-refractivity contribution in [1.82, 2.24) is 4.57 Å². The zero-order valence-corrected chi connectivity index (χ0v) is 21.5. The molecule has 186 valence electrons. The molecule has 4 aromatic rings. The van der Waals surface area contributed by atoms with Crippen LogP contribution in [-0.2, 0) is 9.53 Å². The van der Waals surface area contributed by atoms with Crippen LogP contribution in [0.5, 0.6) is 5.75 Å². The molecule has 1 aliphatic heterocycles. The Kier molecular flexibility index (Phi) is 6.88. The molecule has 0 aliphatic carbocycles. The van der Waals surface area contributed by atoms with E-state index in [0.29, 0.717) is 39.4 Å². The number of carbonyl (C=O) groups excluding carboxylic acids is 1. The van der Waals surface area contributed by atoms with Crippen molar-refractivity contribution in [1.29, 1.82) is 0 Å². The average molecular weight is 511 g/mol. The standard InChI is InChI=1S/C30H26N2O4S/c1-4-17-36-24-16-15-19-11-9-10-14-21(19)22(24)18-25-28(33)32-27(20-12-7-6-8-13-20)26(29(34)35-3)23(5-2)31-30(32)37-25/h4,6-16,18,27H,1,5,17H2,2-3H3/b25-18+/t27-/m1/s1. The highest BCUT2D eigenvalue weighted by Gasteiger charge is 2.33. The zero-order valence-electron chi connectivity index (χ0n) is 20.6. The van der Waals surface area contributed by atoms with Crippen LogP contribution >= 0.6 is 11.3 Å². The van der Waals surface area contributed by atoms with Crippen LogP contribution in [0.1, 0.15) is 30.5 Å². The van der Waals surface area contributed by atoms with Crippen molar-refractivity contribution in [3.63, 3.8) is 0 Å². The number of hydrogen-bond acceptors (Lipinski definition) is 6. The Morgan fingerprint density at radius 2 is 1.86 bits per heavy atom. The summed E-state index contributed by atoms with van der Waals surface area (Å²) in [5.74, 6) is 0.173. The smallest absolute Gasteiger partial charge is 0.338 e. The molecule has 0 fully saturated rings. The molecule has 1 atom stereocenters. The molecule has 6 nitrogen and oxygen atoms in total. The first-order valence-electron chi connectivity index (χ1n) is 12.0. The minimum atomic E-state index is -0.633. The van der Waals surface area contributed by atoms with E-state index in [4.69, 9.17) is 14.5 Å². The summed E-state index contributed by atoms with van der Waals surface area (Å²) >= 11 is 1.30. The van der Waals surface area contributed by atoms with E-state index in [-0.39, 0.29) is 5.56 Å². The molecule has 3 aromatic carbocycles. The zero-order chi connectivity index (χ0) is 25.9. The van der Waals surface area contributed by atoms with Gasteiger partial charge in [-0.2, -0.15) is 0 Å². The van der Waals surface area contributed by atoms with Gasteiger partial charge in [0.05, 0.1) is 29.0 Å². The van der Waals surface area contributed by atoms with Crippen molar-refractivity contribution in [2.24, 2.45) is 4.99 Å². The lowest BCUT2D eigenvalue weighted by Crippen LogP contribution is -2.40. The number of hydrogen-bond donors (Lipinski definition) is 0. The van der Waals surface area contributed by atoms with Crippen molar-refractivity contribution < 1.29 is 14.3 Å². The van der Waals surface area contributed by atoms with Crippen LogP contribution in [0.25, 0.3) is 16.8 Å². The molecule has 0 saturated heterocycles. The van der Waals surface area contributed by atoms with Gasteiger partial charge in [-0.25, -0.2) is 9.79 Å². The Balaban J connectivity index is 1.80. The van der Waals surface area contributed by atoms with E-state index < -0.39 is 12.0 Å². The molecule has 1 aliphatic rings. The van der Waals surface area contributed by atoms with Crippen LogP contribution in [-0.4, -0.2) is 24.3 Å². The van der Waals surface area contributed by atoms with E-state index in [1.54, 1.807) is 10.6 Å². The second-order valence-corrected chi connectivity index (χ2v) is 9.51. The third-order valence-corrected chi connectivity index (χ3v) is 7.31. The monoisotopic (exact) mass is 510 g/mol. The summed E-state index contributed by atoms with van der Waals surface area (Å²) in [5, 5.41) is 2.01. The summed E-state index contributed by atoms with van der Waals surface area (Å²) in [6.07, 6.45) is 4.08. The van der Waals surface area contributed by atoms with Crippen LogP contribution < -0.4 is 19.6 Å². The topological polar surface area (TPSA) is 69.9 Å². The minimum Gasteiger partial charge on any atom is -0.489 e. The number of esters is 1. The second kappa shape index (κ2) is 10.4. The number of allylic oxidation sites excluding steroid dienone is 1. The summed E-state index contributed by atoms with van der Waals surface area (Å²) in [6.45, 7) is 6.04. The summed E-state index contributed by atoms with van der Waals surface area (Å²) < 4.78 is 13.2. The first-order valence-corrected chi connectivity index (χ1v) is 12.8. The quantitative estimate of drug-likeness (QED) is 0.271. The number of fused-ring (bicyclic) bond motifs is 2. The first-order chi connectivity index (χ1) is 18.1. The number of ether oxygens (including phenoxy) is 2. The van der Waals surface area contributed by atoms with Gasteiger partial charge in [0.15, 0.2) is 4.80 Å². The van der Waals surface area contributed by atoms with Crippen LogP contribution in [0.4, 0.5) is 0 Å². The predicted octanol–water partition coefficient (Wildman–Crippen LogP) is 4.52. The van der Waals surface area contributed by atoms with Crippen LogP contribution in [0.2, 0.25) is 0 Å². The van der Waals surface area contributed by atoms with Gasteiger partial charge in [-0.3, -0.25) is 9.36 Å². The van der Waals surface area contributed by atoms with Crippen molar-refractivity contribution >= 4 is 34.2 Å². The molecule has 2 heterocycles. The number of rotatable bonds is 7. The SMILES string of the molecule is C=CCOc1ccc2ccccc2c1/C=c1/sc2n(c1=O)[C@H](c1ccccc1)C(C(=O)OC)=C(CC)N=2. The van der Waals surface area contributed by atoms with E-state index in [9.17, 15) is 9.59 Å². The molecule has 37 heavy (non-hydrogen) atoms. The third kappa shape index (κ3) is 4.42. The van der Waals surface area contributed by atoms with E-state index in [1.165, 1.54) is 18.4 Å². The largest absolute Gasteiger partial charge is 0.489 e. The lowest BCUT2D eigenvalue weighted by molar-refractivity contribution is -0.136. The molecule has 0 N–H and O–H groups in total. The van der Waals surface area contributed by atoms with Crippen molar-refractivity contribution in [3.8, 4) is 5.75 Å². The maximum absolute atomic E-state index is 14.0. The normalized spacial score (nSPS) is 15.3. The first kappa shape index (κ1) is 24.5. The van der Waals surface area contributed by atoms with Gasteiger partial charge in [0.2, 0.25) is 0 Å². The molecule has 0 saturated carbocycles. The Labute approximate surface area is 218 Å². The Bertz CT molecular complexity index is 1710. The molecule has 0 unspecified atom stereocenters. The van der Waals surface area contributed by atoms with Crippen LogP contribution in [0, 0.1) is 0 Å². The number of methoxy groups -OCH3 is 1. The number of aromatic nitrogens is 1. The summed E-state index contributed by atoms with van der Waals surface area (Å²) in [5.41, 5.74) is 2.40. The van der Waals surface area contributed by atoms with Gasteiger partial charge in [-0.05, 0) is 34.9 Å². The van der Waals surface area contributed by atoms with E-state index in [0.717, 1.165) is 21.9 Å². The average Bonchev–Trinajstić information content (AvgIpc) is 3.25. The Hall–Kier alpha value is -4.23. The maximum Gasteiger partial charge on any atom is 0.338 e. The number of carbonyl (C=O) groups is 1. The van der Waals surface area contributed by atoms with Gasteiger partial charge in [0.1, 0.15) is 12.4 Å². The molecule has 5 rings (SSSR count). The number of thiazole rings is 1. The molecule has 0 amide bonds. The van der Waals surface area contributed by atoms with E-state index in [1.807, 2.05) is 79.7 Å². The highest BCUT2D eigenvalue weighted by molar-refractivity contribution is 7.07. The highest BCUT2D eigenvalue weighted by atomic mass is 32.1. The molecule has 1 aromatic heterocycles. The predicted molar refractivity (Wildman–Crippen MR) is 146 cm³/mol. The molecule has 0 radical (unpaired) electrons. The van der Waals surface area contributed by atoms with E-state index in [2.05, 4.69) is 6.58 Å². The fourth-order valence-electron chi connectivity index (χ4n) is 4.65. The maximum atomic E-state index is 14.0. The molecular formula is C30H26N2O4S. The Morgan fingerprint density at radius 1 is 1.11 bits per heavy atom. The van der Waals surface area contributed by atoms with Crippen LogP contribution in [0.15, 0.2) is 100 Å². The summed E-state index contributed by atoms with van der Waals surface area (Å²) in [6, 6.07) is 20.8. The van der Waals surface area contributed by atoms with Crippen molar-refractivity contribution in [2.75, 3.05) is 13.7 Å². The van der Waals surface area contributed by atoms with Crippen LogP contribution in [0.3, 0.4) is 0 Å². The van der Waals surface area contributed by atoms with Gasteiger partial charge >= 0.3 is 5.97 Å². The number of nitrogens with zero attached hydrogens (tertiary/aromatic N) is 2. The lowest BCUT2D eigenvalue weighted by atomic mass is 9.95. The van der Waals surface area contributed by atoms with E-state index >= 15 is 0 Å². The third-order valence-electron chi connectivity index (χ3n) is 6.33. The second-order valence-electron chi connectivity index (χ2n) is 8.50. The van der Waals surface area contributed by atoms with Crippen molar-refractivity contribution in [2.45, 2.75) is 19.4 Å².